The Balaban J connectivity index is 2.85. The first kappa shape index (κ1) is 13.0. The molecule has 0 bridgehead atoms. The number of allylic oxidation sites excluding steroid dienone is 6. The fourth-order valence-electron chi connectivity index (χ4n) is 1.79. The van der Waals surface area contributed by atoms with Crippen molar-refractivity contribution in [3.8, 4) is 0 Å². The molecule has 16 heavy (non-hydrogen) atoms. The summed E-state index contributed by atoms with van der Waals surface area (Å²) in [6, 6.07) is 0. The topological polar surface area (TPSA) is 17.1 Å². The average Bonchev–Trinajstić information content (AvgIpc) is 2.26. The first-order chi connectivity index (χ1) is 7.53. The minimum absolute atomic E-state index is 0.194. The molecule has 0 fully saturated rings. The highest BCUT2D eigenvalue weighted by atomic mass is 16.1. The van der Waals surface area contributed by atoms with E-state index in [2.05, 4.69) is 45.1 Å². The van der Waals surface area contributed by atoms with Crippen LogP contribution in [0.25, 0.3) is 0 Å². The molecule has 0 atom stereocenters. The first-order valence-corrected chi connectivity index (χ1v) is 6.01. The van der Waals surface area contributed by atoms with Crippen LogP contribution >= 0.6 is 0 Å². The fourth-order valence-corrected chi connectivity index (χ4v) is 1.79. The maximum Gasteiger partial charge on any atom is 0.146 e. The van der Waals surface area contributed by atoms with Crippen LogP contribution in [-0.4, -0.2) is 6.29 Å². The van der Waals surface area contributed by atoms with Crippen molar-refractivity contribution < 1.29 is 4.79 Å². The van der Waals surface area contributed by atoms with Crippen LogP contribution in [0.3, 0.4) is 0 Å². The van der Waals surface area contributed by atoms with Crippen LogP contribution in [0.2, 0.25) is 0 Å². The van der Waals surface area contributed by atoms with E-state index in [1.165, 1.54) is 5.57 Å². The molecular weight excluding hydrogens is 196 g/mol. The maximum atomic E-state index is 10.8. The van der Waals surface area contributed by atoms with Gasteiger partial charge < -0.3 is 0 Å². The Bertz CT molecular complexity index is 329. The van der Waals surface area contributed by atoms with Crippen LogP contribution in [0.1, 0.15) is 46.5 Å². The zero-order valence-electron chi connectivity index (χ0n) is 10.6. The predicted molar refractivity (Wildman–Crippen MR) is 69.3 cm³/mol. The van der Waals surface area contributed by atoms with Crippen molar-refractivity contribution in [2.24, 2.45) is 5.41 Å². The second kappa shape index (κ2) is 5.83. The Kier molecular flexibility index (Phi) is 4.72. The Morgan fingerprint density at radius 2 is 2.06 bits per heavy atom. The molecular formula is C15H22O. The van der Waals surface area contributed by atoms with E-state index in [0.29, 0.717) is 0 Å². The summed E-state index contributed by atoms with van der Waals surface area (Å²) in [6.45, 7) is 6.64. The normalized spacial score (nSPS) is 21.7. The largest absolute Gasteiger partial charge is 0.298 e. The van der Waals surface area contributed by atoms with Gasteiger partial charge in [-0.25, -0.2) is 0 Å². The Hall–Kier alpha value is -1.11. The van der Waals surface area contributed by atoms with Crippen molar-refractivity contribution in [2.45, 2.75) is 46.5 Å². The van der Waals surface area contributed by atoms with Crippen molar-refractivity contribution in [2.75, 3.05) is 0 Å². The van der Waals surface area contributed by atoms with E-state index >= 15 is 0 Å². The van der Waals surface area contributed by atoms with Crippen LogP contribution in [-0.2, 0) is 4.79 Å². The molecule has 88 valence electrons. The molecule has 0 aromatic heterocycles. The Labute approximate surface area is 98.9 Å². The van der Waals surface area contributed by atoms with Gasteiger partial charge in [-0.05, 0) is 43.6 Å². The average molecular weight is 218 g/mol. The van der Waals surface area contributed by atoms with Crippen molar-refractivity contribution in [1.29, 1.82) is 0 Å². The molecule has 1 aliphatic carbocycles. The maximum absolute atomic E-state index is 10.8. The third-order valence-electron chi connectivity index (χ3n) is 3.00. The van der Waals surface area contributed by atoms with Gasteiger partial charge in [0.05, 0.1) is 0 Å². The SMILES string of the molecule is CC1=CCC(C)(C)C=CCC(C=O)=CCC1. The molecule has 1 rings (SSSR count). The van der Waals surface area contributed by atoms with Crippen LogP contribution in [0.5, 0.6) is 0 Å². The third-order valence-corrected chi connectivity index (χ3v) is 3.00. The van der Waals surface area contributed by atoms with E-state index in [9.17, 15) is 4.79 Å². The van der Waals surface area contributed by atoms with E-state index in [-0.39, 0.29) is 5.41 Å². The van der Waals surface area contributed by atoms with Gasteiger partial charge >= 0.3 is 0 Å². The van der Waals surface area contributed by atoms with E-state index in [4.69, 9.17) is 0 Å². The molecule has 0 heterocycles. The van der Waals surface area contributed by atoms with E-state index in [0.717, 1.165) is 37.5 Å². The van der Waals surface area contributed by atoms with E-state index in [1.54, 1.807) is 0 Å². The number of aldehydes is 1. The number of hydrogen-bond donors (Lipinski definition) is 0. The van der Waals surface area contributed by atoms with Gasteiger partial charge in [-0.1, -0.05) is 43.7 Å². The lowest BCUT2D eigenvalue weighted by Gasteiger charge is -2.18. The molecule has 1 nitrogen and oxygen atoms in total. The minimum atomic E-state index is 0.194. The highest BCUT2D eigenvalue weighted by Crippen LogP contribution is 2.25. The second-order valence-electron chi connectivity index (χ2n) is 5.29. The lowest BCUT2D eigenvalue weighted by Crippen LogP contribution is -2.05. The Morgan fingerprint density at radius 3 is 2.75 bits per heavy atom. The van der Waals surface area contributed by atoms with Crippen molar-refractivity contribution in [3.05, 3.63) is 35.5 Å². The molecule has 0 spiro atoms. The number of hydrogen-bond acceptors (Lipinski definition) is 1. The number of carbonyl (C=O) groups is 1. The van der Waals surface area contributed by atoms with Gasteiger partial charge in [0.1, 0.15) is 6.29 Å². The molecule has 0 aliphatic heterocycles. The van der Waals surface area contributed by atoms with E-state index in [1.807, 2.05) is 0 Å². The zero-order valence-corrected chi connectivity index (χ0v) is 10.6. The summed E-state index contributed by atoms with van der Waals surface area (Å²) in [5.41, 5.74) is 2.52. The van der Waals surface area contributed by atoms with Gasteiger partial charge in [0.15, 0.2) is 0 Å². The number of rotatable bonds is 1. The van der Waals surface area contributed by atoms with Crippen LogP contribution < -0.4 is 0 Å². The summed E-state index contributed by atoms with van der Waals surface area (Å²) >= 11 is 0. The van der Waals surface area contributed by atoms with Crippen LogP contribution in [0, 0.1) is 5.41 Å². The monoisotopic (exact) mass is 218 g/mol. The van der Waals surface area contributed by atoms with Crippen LogP contribution in [0.4, 0.5) is 0 Å². The molecule has 0 unspecified atom stereocenters. The fraction of sp³-hybridized carbons (Fsp3) is 0.533. The third kappa shape index (κ3) is 4.61. The summed E-state index contributed by atoms with van der Waals surface area (Å²) in [5, 5.41) is 0. The lowest BCUT2D eigenvalue weighted by atomic mass is 9.87. The highest BCUT2D eigenvalue weighted by molar-refractivity contribution is 5.73. The highest BCUT2D eigenvalue weighted by Gasteiger charge is 2.12. The van der Waals surface area contributed by atoms with Crippen molar-refractivity contribution >= 4 is 6.29 Å². The first-order valence-electron chi connectivity index (χ1n) is 6.01. The molecule has 0 N–H and O–H groups in total. The second-order valence-corrected chi connectivity index (χ2v) is 5.29. The predicted octanol–water partition coefficient (Wildman–Crippen LogP) is 4.21. The molecule has 1 heteroatoms. The van der Waals surface area contributed by atoms with Crippen LogP contribution in [0.15, 0.2) is 35.5 Å². The molecule has 1 aliphatic rings. The molecule has 0 aromatic rings. The summed E-state index contributed by atoms with van der Waals surface area (Å²) in [5.74, 6) is 0. The minimum Gasteiger partial charge on any atom is -0.298 e. The van der Waals surface area contributed by atoms with Crippen molar-refractivity contribution in [3.63, 3.8) is 0 Å². The standard InChI is InChI=1S/C15H22O/c1-13-6-4-7-14(12-16)8-5-10-15(2,3)11-9-13/h5,7,9-10,12H,4,6,8,11H2,1-3H3. The quantitative estimate of drug-likeness (QED) is 0.476. The van der Waals surface area contributed by atoms with Gasteiger partial charge in [0.2, 0.25) is 0 Å². The summed E-state index contributed by atoms with van der Waals surface area (Å²) < 4.78 is 0. The zero-order chi connectivity index (χ0) is 12.0. The Morgan fingerprint density at radius 1 is 1.31 bits per heavy atom. The summed E-state index contributed by atoms with van der Waals surface area (Å²) in [6.07, 6.45) is 13.6. The molecule has 0 saturated heterocycles. The van der Waals surface area contributed by atoms with Gasteiger partial charge in [-0.2, -0.15) is 0 Å². The molecule has 0 amide bonds. The van der Waals surface area contributed by atoms with Gasteiger partial charge in [0, 0.05) is 0 Å². The summed E-state index contributed by atoms with van der Waals surface area (Å²) in [4.78, 5) is 10.8. The smallest absolute Gasteiger partial charge is 0.146 e. The molecule has 0 radical (unpaired) electrons. The lowest BCUT2D eigenvalue weighted by molar-refractivity contribution is -0.105. The number of carbonyl (C=O) groups excluding carboxylic acids is 1. The molecule has 0 saturated carbocycles. The van der Waals surface area contributed by atoms with Crippen molar-refractivity contribution in [1.82, 2.24) is 0 Å². The van der Waals surface area contributed by atoms with E-state index < -0.39 is 0 Å². The van der Waals surface area contributed by atoms with Gasteiger partial charge in [0.25, 0.3) is 0 Å². The van der Waals surface area contributed by atoms with Gasteiger partial charge in [-0.15, -0.1) is 0 Å². The summed E-state index contributed by atoms with van der Waals surface area (Å²) in [7, 11) is 0. The van der Waals surface area contributed by atoms with Gasteiger partial charge in [-0.3, -0.25) is 4.79 Å². The molecule has 0 aromatic carbocycles.